The number of carbonyl (C=O) groups excluding carboxylic acids is 1. The third kappa shape index (κ3) is 2.76. The Labute approximate surface area is 115 Å². The fourth-order valence-corrected chi connectivity index (χ4v) is 3.08. The molecule has 1 aromatic rings. The number of aromatic carboxylic acids is 1. The van der Waals surface area contributed by atoms with Gasteiger partial charge in [0.25, 0.3) is 0 Å². The Balaban J connectivity index is 2.21. The summed E-state index contributed by atoms with van der Waals surface area (Å²) in [5.74, 6) is -1.14. The zero-order valence-corrected chi connectivity index (χ0v) is 11.8. The third-order valence-electron chi connectivity index (χ3n) is 3.30. The van der Waals surface area contributed by atoms with Crippen LogP contribution in [0.4, 0.5) is 5.00 Å². The van der Waals surface area contributed by atoms with Crippen LogP contribution in [0.25, 0.3) is 0 Å². The van der Waals surface area contributed by atoms with Crippen molar-refractivity contribution in [3.63, 3.8) is 0 Å². The zero-order chi connectivity index (χ0) is 14.0. The molecule has 0 saturated carbocycles. The lowest BCUT2D eigenvalue weighted by Gasteiger charge is -2.26. The minimum atomic E-state index is -1.04. The molecule has 0 unspecified atom stereocenters. The van der Waals surface area contributed by atoms with E-state index in [-0.39, 0.29) is 17.5 Å². The Morgan fingerprint density at radius 2 is 2.21 bits per heavy atom. The second-order valence-corrected chi connectivity index (χ2v) is 5.40. The fraction of sp³-hybridized carbons (Fsp3) is 0.583. The minimum Gasteiger partial charge on any atom is -0.478 e. The molecule has 1 fully saturated rings. The summed E-state index contributed by atoms with van der Waals surface area (Å²) in [6, 6.07) is -0.220. The first-order valence-corrected chi connectivity index (χ1v) is 7.00. The number of anilines is 1. The van der Waals surface area contributed by atoms with Crippen molar-refractivity contribution in [1.29, 1.82) is 0 Å². The summed E-state index contributed by atoms with van der Waals surface area (Å²) in [4.78, 5) is 25.0. The molecule has 7 heteroatoms. The normalized spacial score (nSPS) is 19.2. The van der Waals surface area contributed by atoms with Gasteiger partial charge in [-0.2, -0.15) is 4.37 Å². The van der Waals surface area contributed by atoms with Crippen LogP contribution in [0, 0.1) is 6.92 Å². The molecule has 2 N–H and O–H groups in total. The summed E-state index contributed by atoms with van der Waals surface area (Å²) in [6.07, 6.45) is 2.89. The summed E-state index contributed by atoms with van der Waals surface area (Å²) in [5, 5.41) is 12.8. The van der Waals surface area contributed by atoms with Gasteiger partial charge in [-0.3, -0.25) is 4.79 Å². The highest BCUT2D eigenvalue weighted by Gasteiger charge is 2.29. The van der Waals surface area contributed by atoms with Crippen LogP contribution >= 0.6 is 11.5 Å². The molecule has 1 saturated heterocycles. The van der Waals surface area contributed by atoms with Crippen molar-refractivity contribution in [2.75, 3.05) is 18.5 Å². The maximum absolute atomic E-state index is 12.3. The van der Waals surface area contributed by atoms with Crippen LogP contribution in [-0.4, -0.2) is 41.0 Å². The maximum Gasteiger partial charge on any atom is 0.340 e. The number of rotatable bonds is 3. The predicted molar refractivity (Wildman–Crippen MR) is 72.9 cm³/mol. The Bertz CT molecular complexity index is 494. The van der Waals surface area contributed by atoms with Crippen molar-refractivity contribution in [2.45, 2.75) is 32.2 Å². The van der Waals surface area contributed by atoms with E-state index < -0.39 is 5.97 Å². The molecule has 0 aliphatic carbocycles. The van der Waals surface area contributed by atoms with E-state index in [9.17, 15) is 14.7 Å². The Morgan fingerprint density at radius 1 is 1.47 bits per heavy atom. The highest BCUT2D eigenvalue weighted by atomic mass is 32.1. The average molecular weight is 283 g/mol. The van der Waals surface area contributed by atoms with E-state index in [1.165, 1.54) is 4.90 Å². The summed E-state index contributed by atoms with van der Waals surface area (Å²) in [6.45, 7) is 2.47. The number of amides is 1. The van der Waals surface area contributed by atoms with Crippen molar-refractivity contribution < 1.29 is 14.7 Å². The molecule has 1 aliphatic rings. The Hall–Kier alpha value is -1.47. The topological polar surface area (TPSA) is 82.5 Å². The molecule has 0 radical (unpaired) electrons. The SMILES string of the molecule is Cc1nsc(N(C)C(=O)[C@H]2CCCCN2)c1C(=O)O. The first-order valence-electron chi connectivity index (χ1n) is 6.23. The predicted octanol–water partition coefficient (Wildman–Crippen LogP) is 1.25. The number of likely N-dealkylation sites (N-methyl/N-ethyl adjacent to an activating group) is 1. The van der Waals surface area contributed by atoms with Gasteiger partial charge in [-0.05, 0) is 37.8 Å². The van der Waals surface area contributed by atoms with Crippen molar-refractivity contribution in [3.8, 4) is 0 Å². The monoisotopic (exact) mass is 283 g/mol. The third-order valence-corrected chi connectivity index (χ3v) is 4.32. The van der Waals surface area contributed by atoms with Gasteiger partial charge in [-0.1, -0.05) is 6.42 Å². The van der Waals surface area contributed by atoms with Crippen LogP contribution in [-0.2, 0) is 4.79 Å². The van der Waals surface area contributed by atoms with E-state index in [0.717, 1.165) is 37.3 Å². The van der Waals surface area contributed by atoms with Crippen molar-refractivity contribution >= 4 is 28.4 Å². The Morgan fingerprint density at radius 3 is 2.79 bits per heavy atom. The first kappa shape index (κ1) is 14.0. The van der Waals surface area contributed by atoms with E-state index >= 15 is 0 Å². The smallest absolute Gasteiger partial charge is 0.340 e. The van der Waals surface area contributed by atoms with Gasteiger partial charge in [-0.15, -0.1) is 0 Å². The number of carboxylic acid groups (broad SMARTS) is 1. The van der Waals surface area contributed by atoms with Gasteiger partial charge in [0.05, 0.1) is 11.7 Å². The van der Waals surface area contributed by atoms with Crippen LogP contribution in [0.3, 0.4) is 0 Å². The van der Waals surface area contributed by atoms with Crippen LogP contribution in [0.1, 0.15) is 35.3 Å². The second kappa shape index (κ2) is 5.66. The van der Waals surface area contributed by atoms with Crippen LogP contribution < -0.4 is 10.2 Å². The molecule has 2 rings (SSSR count). The number of nitrogens with one attached hydrogen (secondary N) is 1. The molecular weight excluding hydrogens is 266 g/mol. The molecule has 0 aromatic carbocycles. The summed E-state index contributed by atoms with van der Waals surface area (Å²) in [5.41, 5.74) is 0.570. The standard InChI is InChI=1S/C12H17N3O3S/c1-7-9(12(17)18)11(19-14-7)15(2)10(16)8-5-3-4-6-13-8/h8,13H,3-6H2,1-2H3,(H,17,18)/t8-/m1/s1. The molecule has 1 amide bonds. The van der Waals surface area contributed by atoms with E-state index in [1.54, 1.807) is 14.0 Å². The first-order chi connectivity index (χ1) is 9.02. The molecule has 1 atom stereocenters. The molecule has 104 valence electrons. The second-order valence-electron chi connectivity index (χ2n) is 4.65. The molecule has 0 bridgehead atoms. The van der Waals surface area contributed by atoms with E-state index in [4.69, 9.17) is 0 Å². The number of hydrogen-bond acceptors (Lipinski definition) is 5. The highest BCUT2D eigenvalue weighted by Crippen LogP contribution is 2.28. The largest absolute Gasteiger partial charge is 0.478 e. The molecule has 19 heavy (non-hydrogen) atoms. The van der Waals surface area contributed by atoms with Crippen LogP contribution in [0.2, 0.25) is 0 Å². The Kier molecular flexibility index (Phi) is 4.16. The van der Waals surface area contributed by atoms with Gasteiger partial charge >= 0.3 is 5.97 Å². The zero-order valence-electron chi connectivity index (χ0n) is 11.0. The van der Waals surface area contributed by atoms with E-state index in [2.05, 4.69) is 9.69 Å². The number of nitrogens with zero attached hydrogens (tertiary/aromatic N) is 2. The number of carboxylic acids is 1. The highest BCUT2D eigenvalue weighted by molar-refractivity contribution is 7.11. The van der Waals surface area contributed by atoms with Gasteiger partial charge in [0.2, 0.25) is 5.91 Å². The number of piperidine rings is 1. The maximum atomic E-state index is 12.3. The van der Waals surface area contributed by atoms with Gasteiger partial charge in [0.15, 0.2) is 0 Å². The lowest BCUT2D eigenvalue weighted by Crippen LogP contribution is -2.47. The minimum absolute atomic E-state index is 0.0918. The van der Waals surface area contributed by atoms with E-state index in [1.807, 2.05) is 0 Å². The number of hydrogen-bond donors (Lipinski definition) is 2. The summed E-state index contributed by atoms with van der Waals surface area (Å²) < 4.78 is 4.03. The molecule has 1 aromatic heterocycles. The molecule has 2 heterocycles. The number of aromatic nitrogens is 1. The lowest BCUT2D eigenvalue weighted by atomic mass is 10.0. The van der Waals surface area contributed by atoms with Crippen LogP contribution in [0.5, 0.6) is 0 Å². The summed E-state index contributed by atoms with van der Waals surface area (Å²) >= 11 is 1.05. The van der Waals surface area contributed by atoms with Gasteiger partial charge in [0.1, 0.15) is 10.6 Å². The van der Waals surface area contributed by atoms with Gasteiger partial charge < -0.3 is 15.3 Å². The van der Waals surface area contributed by atoms with Crippen molar-refractivity contribution in [3.05, 3.63) is 11.3 Å². The fourth-order valence-electron chi connectivity index (χ4n) is 2.23. The van der Waals surface area contributed by atoms with Gasteiger partial charge in [0, 0.05) is 7.05 Å². The van der Waals surface area contributed by atoms with Crippen molar-refractivity contribution in [1.82, 2.24) is 9.69 Å². The van der Waals surface area contributed by atoms with Crippen LogP contribution in [0.15, 0.2) is 0 Å². The van der Waals surface area contributed by atoms with Gasteiger partial charge in [-0.25, -0.2) is 4.79 Å². The van der Waals surface area contributed by atoms with E-state index in [0.29, 0.717) is 10.7 Å². The number of aryl methyl sites for hydroxylation is 1. The molecular formula is C12H17N3O3S. The molecule has 0 spiro atoms. The lowest BCUT2D eigenvalue weighted by molar-refractivity contribution is -0.120. The molecule has 6 nitrogen and oxygen atoms in total. The quantitative estimate of drug-likeness (QED) is 0.872. The average Bonchev–Trinajstić information content (AvgIpc) is 2.80. The van der Waals surface area contributed by atoms with Crippen molar-refractivity contribution in [2.24, 2.45) is 0 Å². The summed E-state index contributed by atoms with van der Waals surface area (Å²) in [7, 11) is 1.61. The number of carbonyl (C=O) groups is 2. The molecule has 1 aliphatic heterocycles.